The molecule has 3 heterocycles. The molecule has 0 spiro atoms. The molecule has 2 aromatic rings. The second-order valence-electron chi connectivity index (χ2n) is 5.59. The summed E-state index contributed by atoms with van der Waals surface area (Å²) in [5, 5.41) is 8.22. The van der Waals surface area contributed by atoms with Crippen molar-refractivity contribution in [2.75, 3.05) is 31.2 Å². The SMILES string of the molecule is c1cc(-c2nnc(N3CCOCC3)o2)ncc1C1CCC1. The fourth-order valence-corrected chi connectivity index (χ4v) is 2.72. The van der Waals surface area contributed by atoms with Crippen molar-refractivity contribution in [2.24, 2.45) is 0 Å². The lowest BCUT2D eigenvalue weighted by Gasteiger charge is -2.25. The van der Waals surface area contributed by atoms with E-state index < -0.39 is 0 Å². The number of anilines is 1. The smallest absolute Gasteiger partial charge is 0.318 e. The topological polar surface area (TPSA) is 64.3 Å². The van der Waals surface area contributed by atoms with E-state index in [1.807, 2.05) is 17.2 Å². The standard InChI is InChI=1S/C15H18N4O2/c1-2-11(3-1)12-4-5-13(16-10-12)14-17-18-15(21-14)19-6-8-20-9-7-19/h4-5,10-11H,1-3,6-9H2. The van der Waals surface area contributed by atoms with E-state index in [2.05, 4.69) is 21.2 Å². The quantitative estimate of drug-likeness (QED) is 0.862. The molecule has 0 radical (unpaired) electrons. The molecule has 0 amide bonds. The van der Waals surface area contributed by atoms with Gasteiger partial charge in [0.1, 0.15) is 5.69 Å². The minimum absolute atomic E-state index is 0.483. The summed E-state index contributed by atoms with van der Waals surface area (Å²) in [6.07, 6.45) is 5.84. The van der Waals surface area contributed by atoms with E-state index in [9.17, 15) is 0 Å². The fraction of sp³-hybridized carbons (Fsp3) is 0.533. The van der Waals surface area contributed by atoms with Crippen LogP contribution in [0.4, 0.5) is 6.01 Å². The van der Waals surface area contributed by atoms with Crippen LogP contribution in [0.3, 0.4) is 0 Å². The van der Waals surface area contributed by atoms with Gasteiger partial charge in [0.15, 0.2) is 0 Å². The lowest BCUT2D eigenvalue weighted by atomic mass is 9.81. The van der Waals surface area contributed by atoms with Crippen molar-refractivity contribution in [1.82, 2.24) is 15.2 Å². The average Bonchev–Trinajstić information content (AvgIpc) is 2.97. The molecule has 6 nitrogen and oxygen atoms in total. The van der Waals surface area contributed by atoms with Gasteiger partial charge in [-0.1, -0.05) is 17.6 Å². The molecule has 0 atom stereocenters. The van der Waals surface area contributed by atoms with E-state index in [-0.39, 0.29) is 0 Å². The van der Waals surface area contributed by atoms with Gasteiger partial charge in [0, 0.05) is 19.3 Å². The number of aromatic nitrogens is 3. The van der Waals surface area contributed by atoms with Crippen molar-refractivity contribution in [3.63, 3.8) is 0 Å². The van der Waals surface area contributed by atoms with Crippen molar-refractivity contribution in [2.45, 2.75) is 25.2 Å². The van der Waals surface area contributed by atoms with Gasteiger partial charge in [-0.15, -0.1) is 5.10 Å². The van der Waals surface area contributed by atoms with Crippen LogP contribution in [-0.4, -0.2) is 41.5 Å². The van der Waals surface area contributed by atoms with E-state index in [1.54, 1.807) is 0 Å². The number of ether oxygens (including phenoxy) is 1. The monoisotopic (exact) mass is 286 g/mol. The predicted octanol–water partition coefficient (Wildman–Crippen LogP) is 2.24. The third-order valence-corrected chi connectivity index (χ3v) is 4.28. The van der Waals surface area contributed by atoms with Crippen LogP contribution in [-0.2, 0) is 4.74 Å². The summed E-state index contributed by atoms with van der Waals surface area (Å²) in [5.74, 6) is 1.18. The number of rotatable bonds is 3. The van der Waals surface area contributed by atoms with Crippen molar-refractivity contribution in [3.05, 3.63) is 23.9 Å². The van der Waals surface area contributed by atoms with Crippen LogP contribution < -0.4 is 4.90 Å². The molecule has 0 unspecified atom stereocenters. The van der Waals surface area contributed by atoms with Gasteiger partial charge in [0.25, 0.3) is 5.89 Å². The molecule has 0 bridgehead atoms. The highest BCUT2D eigenvalue weighted by atomic mass is 16.5. The first-order valence-corrected chi connectivity index (χ1v) is 7.53. The van der Waals surface area contributed by atoms with Gasteiger partial charge >= 0.3 is 6.01 Å². The van der Waals surface area contributed by atoms with Gasteiger partial charge in [0.05, 0.1) is 13.2 Å². The highest BCUT2D eigenvalue weighted by Gasteiger charge is 2.21. The summed E-state index contributed by atoms with van der Waals surface area (Å²) in [6.45, 7) is 2.98. The summed E-state index contributed by atoms with van der Waals surface area (Å²) in [4.78, 5) is 6.52. The first-order chi connectivity index (χ1) is 10.4. The Hall–Kier alpha value is -1.95. The molecule has 2 aliphatic rings. The molecule has 4 rings (SSSR count). The maximum atomic E-state index is 5.74. The molecule has 0 N–H and O–H groups in total. The van der Waals surface area contributed by atoms with Crippen LogP contribution in [0.1, 0.15) is 30.7 Å². The molecule has 2 aromatic heterocycles. The number of hydrogen-bond donors (Lipinski definition) is 0. The highest BCUT2D eigenvalue weighted by molar-refractivity contribution is 5.48. The second kappa shape index (κ2) is 5.44. The third kappa shape index (κ3) is 2.51. The normalized spacial score (nSPS) is 19.5. The van der Waals surface area contributed by atoms with E-state index in [4.69, 9.17) is 9.15 Å². The lowest BCUT2D eigenvalue weighted by molar-refractivity contribution is 0.120. The van der Waals surface area contributed by atoms with Crippen molar-refractivity contribution >= 4 is 6.01 Å². The van der Waals surface area contributed by atoms with Gasteiger partial charge in [-0.05, 0) is 30.4 Å². The van der Waals surface area contributed by atoms with Gasteiger partial charge < -0.3 is 14.1 Å². The summed E-state index contributed by atoms with van der Waals surface area (Å²) < 4.78 is 11.1. The van der Waals surface area contributed by atoms with Crippen LogP contribution in [0.5, 0.6) is 0 Å². The van der Waals surface area contributed by atoms with Crippen molar-refractivity contribution in [1.29, 1.82) is 0 Å². The zero-order valence-corrected chi connectivity index (χ0v) is 11.9. The summed E-state index contributed by atoms with van der Waals surface area (Å²) in [5.41, 5.74) is 2.06. The number of hydrogen-bond acceptors (Lipinski definition) is 6. The van der Waals surface area contributed by atoms with E-state index >= 15 is 0 Å². The van der Waals surface area contributed by atoms with Gasteiger partial charge in [-0.25, -0.2) is 0 Å². The molecule has 1 saturated carbocycles. The Morgan fingerprint density at radius 2 is 1.95 bits per heavy atom. The average molecular weight is 286 g/mol. The number of pyridine rings is 1. The first-order valence-electron chi connectivity index (χ1n) is 7.53. The van der Waals surface area contributed by atoms with Crippen molar-refractivity contribution in [3.8, 4) is 11.6 Å². The molecule has 1 saturated heterocycles. The first kappa shape index (κ1) is 12.8. The molecular formula is C15H18N4O2. The van der Waals surface area contributed by atoms with Crippen molar-refractivity contribution < 1.29 is 9.15 Å². The van der Waals surface area contributed by atoms with E-state index in [1.165, 1.54) is 24.8 Å². The Kier molecular flexibility index (Phi) is 3.31. The van der Waals surface area contributed by atoms with Crippen LogP contribution in [0.2, 0.25) is 0 Å². The van der Waals surface area contributed by atoms with E-state index in [0.29, 0.717) is 31.0 Å². The second-order valence-corrected chi connectivity index (χ2v) is 5.59. The van der Waals surface area contributed by atoms with Gasteiger partial charge in [0.2, 0.25) is 0 Å². The zero-order chi connectivity index (χ0) is 14.1. The molecular weight excluding hydrogens is 268 g/mol. The minimum atomic E-state index is 0.483. The zero-order valence-electron chi connectivity index (χ0n) is 11.9. The molecule has 0 aromatic carbocycles. The molecule has 21 heavy (non-hydrogen) atoms. The predicted molar refractivity (Wildman–Crippen MR) is 77.2 cm³/mol. The van der Waals surface area contributed by atoms with Crippen LogP contribution in [0.15, 0.2) is 22.7 Å². The van der Waals surface area contributed by atoms with Crippen LogP contribution >= 0.6 is 0 Å². The molecule has 6 heteroatoms. The highest BCUT2D eigenvalue weighted by Crippen LogP contribution is 2.36. The van der Waals surface area contributed by atoms with Gasteiger partial charge in [-0.3, -0.25) is 4.98 Å². The Labute approximate surface area is 123 Å². The largest absolute Gasteiger partial charge is 0.402 e. The van der Waals surface area contributed by atoms with Gasteiger partial charge in [-0.2, -0.15) is 0 Å². The third-order valence-electron chi connectivity index (χ3n) is 4.28. The summed E-state index contributed by atoms with van der Waals surface area (Å²) in [6, 6.07) is 4.66. The molecule has 110 valence electrons. The number of morpholine rings is 1. The lowest BCUT2D eigenvalue weighted by Crippen LogP contribution is -2.36. The van der Waals surface area contributed by atoms with Crippen LogP contribution in [0, 0.1) is 0 Å². The summed E-state index contributed by atoms with van der Waals surface area (Å²) >= 11 is 0. The molecule has 2 fully saturated rings. The minimum Gasteiger partial charge on any atom is -0.402 e. The molecule has 1 aliphatic carbocycles. The summed E-state index contributed by atoms with van der Waals surface area (Å²) in [7, 11) is 0. The number of nitrogens with zero attached hydrogens (tertiary/aromatic N) is 4. The maximum absolute atomic E-state index is 5.74. The molecule has 1 aliphatic heterocycles. The Balaban J connectivity index is 1.51. The maximum Gasteiger partial charge on any atom is 0.318 e. The Bertz CT molecular complexity index is 600. The van der Waals surface area contributed by atoms with Crippen LogP contribution in [0.25, 0.3) is 11.6 Å². The Morgan fingerprint density at radius 3 is 2.62 bits per heavy atom. The van der Waals surface area contributed by atoms with E-state index in [0.717, 1.165) is 18.8 Å². The fourth-order valence-electron chi connectivity index (χ4n) is 2.72. The Morgan fingerprint density at radius 1 is 1.10 bits per heavy atom.